The van der Waals surface area contributed by atoms with Gasteiger partial charge < -0.3 is 10.3 Å². The lowest BCUT2D eigenvalue weighted by Crippen LogP contribution is -2.48. The third-order valence-electron chi connectivity index (χ3n) is 5.59. The number of nitrogens with zero attached hydrogens (tertiary/aromatic N) is 3. The molecular formula is C23H29N5O. The van der Waals surface area contributed by atoms with Gasteiger partial charge in [0.05, 0.1) is 24.1 Å². The average Bonchev–Trinajstić information content (AvgIpc) is 3.08. The summed E-state index contributed by atoms with van der Waals surface area (Å²) in [5, 5.41) is 3.11. The van der Waals surface area contributed by atoms with Crippen LogP contribution in [0.25, 0.3) is 11.0 Å². The minimum atomic E-state index is 0.0609. The number of aromatic amines is 1. The van der Waals surface area contributed by atoms with Crippen LogP contribution in [-0.4, -0.2) is 58.4 Å². The van der Waals surface area contributed by atoms with E-state index in [2.05, 4.69) is 50.2 Å². The van der Waals surface area contributed by atoms with E-state index in [4.69, 9.17) is 0 Å². The fourth-order valence-corrected chi connectivity index (χ4v) is 4.16. The van der Waals surface area contributed by atoms with E-state index in [9.17, 15) is 4.79 Å². The van der Waals surface area contributed by atoms with E-state index in [1.54, 1.807) is 0 Å². The van der Waals surface area contributed by atoms with E-state index in [-0.39, 0.29) is 5.91 Å². The van der Waals surface area contributed by atoms with Crippen LogP contribution in [0.5, 0.6) is 0 Å². The molecule has 1 aromatic heterocycles. The van der Waals surface area contributed by atoms with Gasteiger partial charge in [-0.15, -0.1) is 0 Å². The maximum atomic E-state index is 12.6. The predicted molar refractivity (Wildman–Crippen MR) is 117 cm³/mol. The molecule has 1 saturated heterocycles. The number of aryl methyl sites for hydroxylation is 3. The first kappa shape index (κ1) is 19.6. The molecule has 2 heterocycles. The number of para-hydroxylation sites is 2. The van der Waals surface area contributed by atoms with Gasteiger partial charge in [-0.1, -0.05) is 29.8 Å². The Morgan fingerprint density at radius 3 is 2.38 bits per heavy atom. The largest absolute Gasteiger partial charge is 0.341 e. The van der Waals surface area contributed by atoms with E-state index < -0.39 is 0 Å². The topological polar surface area (TPSA) is 64.3 Å². The van der Waals surface area contributed by atoms with E-state index in [1.807, 2.05) is 32.0 Å². The van der Waals surface area contributed by atoms with Crippen LogP contribution in [0.2, 0.25) is 0 Å². The first-order valence-corrected chi connectivity index (χ1v) is 10.2. The SMILES string of the molecule is Cc1cc(C)c(NC(=O)CN2CCN(Cc3nc4ccccc4[nH]3)CC2)c(C)c1. The number of aromatic nitrogens is 2. The van der Waals surface area contributed by atoms with Gasteiger partial charge in [0.25, 0.3) is 0 Å². The highest BCUT2D eigenvalue weighted by Gasteiger charge is 2.20. The Hall–Kier alpha value is -2.70. The first-order valence-electron chi connectivity index (χ1n) is 10.2. The molecule has 0 atom stereocenters. The fourth-order valence-electron chi connectivity index (χ4n) is 4.16. The van der Waals surface area contributed by atoms with E-state index in [0.29, 0.717) is 6.54 Å². The van der Waals surface area contributed by atoms with Gasteiger partial charge in [0.1, 0.15) is 5.82 Å². The highest BCUT2D eigenvalue weighted by atomic mass is 16.2. The normalized spacial score (nSPS) is 15.7. The second-order valence-corrected chi connectivity index (χ2v) is 8.07. The molecule has 3 aromatic rings. The van der Waals surface area contributed by atoms with Crippen molar-refractivity contribution in [3.05, 3.63) is 58.9 Å². The molecular weight excluding hydrogens is 362 g/mol. The van der Waals surface area contributed by atoms with Crippen LogP contribution in [0.3, 0.4) is 0 Å². The number of hydrogen-bond donors (Lipinski definition) is 2. The van der Waals surface area contributed by atoms with Gasteiger partial charge in [-0.25, -0.2) is 4.98 Å². The van der Waals surface area contributed by atoms with Crippen LogP contribution in [0.4, 0.5) is 5.69 Å². The molecule has 6 nitrogen and oxygen atoms in total. The lowest BCUT2D eigenvalue weighted by molar-refractivity contribution is -0.117. The van der Waals surface area contributed by atoms with Gasteiger partial charge in [-0.05, 0) is 44.0 Å². The Balaban J connectivity index is 1.28. The summed E-state index contributed by atoms with van der Waals surface area (Å²) in [7, 11) is 0. The van der Waals surface area contributed by atoms with E-state index in [0.717, 1.165) is 66.4 Å². The third-order valence-corrected chi connectivity index (χ3v) is 5.59. The van der Waals surface area contributed by atoms with Gasteiger partial charge in [0.2, 0.25) is 5.91 Å². The van der Waals surface area contributed by atoms with Crippen LogP contribution in [-0.2, 0) is 11.3 Å². The van der Waals surface area contributed by atoms with Crippen molar-refractivity contribution in [2.24, 2.45) is 0 Å². The maximum absolute atomic E-state index is 12.6. The number of amides is 1. The standard InChI is InChI=1S/C23H29N5O/c1-16-12-17(2)23(18(3)13-16)26-22(29)15-28-10-8-27(9-11-28)14-21-24-19-6-4-5-7-20(19)25-21/h4-7,12-13H,8-11,14-15H2,1-3H3,(H,24,25)(H,26,29). The number of piperazine rings is 1. The highest BCUT2D eigenvalue weighted by molar-refractivity contribution is 5.93. The molecule has 0 bridgehead atoms. The Bertz CT molecular complexity index is 961. The van der Waals surface area contributed by atoms with E-state index in [1.165, 1.54) is 5.56 Å². The van der Waals surface area contributed by atoms with Crippen LogP contribution in [0, 0.1) is 20.8 Å². The van der Waals surface area contributed by atoms with Gasteiger partial charge in [0.15, 0.2) is 0 Å². The quantitative estimate of drug-likeness (QED) is 0.701. The molecule has 0 unspecified atom stereocenters. The molecule has 2 N–H and O–H groups in total. The molecule has 29 heavy (non-hydrogen) atoms. The number of H-pyrrole nitrogens is 1. The lowest BCUT2D eigenvalue weighted by Gasteiger charge is -2.33. The number of imidazole rings is 1. The average molecular weight is 392 g/mol. The van der Waals surface area contributed by atoms with Crippen molar-refractivity contribution in [2.75, 3.05) is 38.0 Å². The summed E-state index contributed by atoms with van der Waals surface area (Å²) in [6, 6.07) is 12.3. The molecule has 0 saturated carbocycles. The van der Waals surface area contributed by atoms with Crippen molar-refractivity contribution >= 4 is 22.6 Å². The van der Waals surface area contributed by atoms with Crippen molar-refractivity contribution in [3.8, 4) is 0 Å². The van der Waals surface area contributed by atoms with Crippen LogP contribution >= 0.6 is 0 Å². The second kappa shape index (κ2) is 8.35. The van der Waals surface area contributed by atoms with Gasteiger partial charge in [0, 0.05) is 31.9 Å². The summed E-state index contributed by atoms with van der Waals surface area (Å²) in [4.78, 5) is 25.2. The van der Waals surface area contributed by atoms with Crippen molar-refractivity contribution in [1.29, 1.82) is 0 Å². The summed E-state index contributed by atoms with van der Waals surface area (Å²) in [6.07, 6.45) is 0. The zero-order valence-corrected chi connectivity index (χ0v) is 17.5. The monoisotopic (exact) mass is 391 g/mol. The fraction of sp³-hybridized carbons (Fsp3) is 0.391. The van der Waals surface area contributed by atoms with Crippen molar-refractivity contribution < 1.29 is 4.79 Å². The molecule has 1 aliphatic heterocycles. The molecule has 1 aliphatic rings. The summed E-state index contributed by atoms with van der Waals surface area (Å²) in [5.41, 5.74) is 6.50. The molecule has 2 aromatic carbocycles. The molecule has 0 spiro atoms. The number of benzene rings is 2. The molecule has 4 rings (SSSR count). The van der Waals surface area contributed by atoms with Gasteiger partial charge in [-0.2, -0.15) is 0 Å². The third kappa shape index (κ3) is 4.66. The zero-order chi connectivity index (χ0) is 20.4. The molecule has 6 heteroatoms. The molecule has 0 aliphatic carbocycles. The molecule has 152 valence electrons. The lowest BCUT2D eigenvalue weighted by atomic mass is 10.1. The maximum Gasteiger partial charge on any atom is 0.238 e. The Morgan fingerprint density at radius 1 is 1.03 bits per heavy atom. The zero-order valence-electron chi connectivity index (χ0n) is 17.5. The molecule has 0 radical (unpaired) electrons. The van der Waals surface area contributed by atoms with Crippen LogP contribution in [0.15, 0.2) is 36.4 Å². The summed E-state index contributed by atoms with van der Waals surface area (Å²) < 4.78 is 0. The van der Waals surface area contributed by atoms with Gasteiger partial charge >= 0.3 is 0 Å². The number of fused-ring (bicyclic) bond motifs is 1. The van der Waals surface area contributed by atoms with E-state index >= 15 is 0 Å². The number of carbonyl (C=O) groups excluding carboxylic acids is 1. The number of nitrogens with one attached hydrogen (secondary N) is 2. The van der Waals surface area contributed by atoms with Crippen molar-refractivity contribution in [3.63, 3.8) is 0 Å². The second-order valence-electron chi connectivity index (χ2n) is 8.07. The highest BCUT2D eigenvalue weighted by Crippen LogP contribution is 2.22. The molecule has 1 fully saturated rings. The van der Waals surface area contributed by atoms with Crippen LogP contribution < -0.4 is 5.32 Å². The molecule has 1 amide bonds. The summed E-state index contributed by atoms with van der Waals surface area (Å²) >= 11 is 0. The number of hydrogen-bond acceptors (Lipinski definition) is 4. The number of anilines is 1. The minimum Gasteiger partial charge on any atom is -0.341 e. The number of rotatable bonds is 5. The van der Waals surface area contributed by atoms with Gasteiger partial charge in [-0.3, -0.25) is 14.6 Å². The number of carbonyl (C=O) groups is 1. The first-order chi connectivity index (χ1) is 14.0. The Morgan fingerprint density at radius 2 is 1.69 bits per heavy atom. The Labute approximate surface area is 171 Å². The van der Waals surface area contributed by atoms with Crippen LogP contribution in [0.1, 0.15) is 22.5 Å². The predicted octanol–water partition coefficient (Wildman–Crippen LogP) is 3.24. The summed E-state index contributed by atoms with van der Waals surface area (Å²) in [6.45, 7) is 11.1. The van der Waals surface area contributed by atoms with Crippen molar-refractivity contribution in [1.82, 2.24) is 19.8 Å². The smallest absolute Gasteiger partial charge is 0.238 e. The Kier molecular flexibility index (Phi) is 5.65. The summed E-state index contributed by atoms with van der Waals surface area (Å²) in [5.74, 6) is 1.06. The van der Waals surface area contributed by atoms with Crippen molar-refractivity contribution in [2.45, 2.75) is 27.3 Å². The minimum absolute atomic E-state index is 0.0609.